The maximum atomic E-state index is 12.6. The lowest BCUT2D eigenvalue weighted by molar-refractivity contribution is -0.117. The van der Waals surface area contributed by atoms with Crippen LogP contribution in [0.25, 0.3) is 17.0 Å². The summed E-state index contributed by atoms with van der Waals surface area (Å²) < 4.78 is 7.72. The van der Waals surface area contributed by atoms with Crippen LogP contribution in [0.15, 0.2) is 54.1 Å². The number of aromatic nitrogens is 1. The molecule has 0 radical (unpaired) electrons. The van der Waals surface area contributed by atoms with Gasteiger partial charge in [0, 0.05) is 46.9 Å². The van der Waals surface area contributed by atoms with Crippen LogP contribution in [0.1, 0.15) is 29.7 Å². The Morgan fingerprint density at radius 3 is 2.81 bits per heavy atom. The molecule has 3 aromatic rings. The Labute approximate surface area is 186 Å². The molecule has 0 saturated carbocycles. The summed E-state index contributed by atoms with van der Waals surface area (Å²) in [5.74, 6) is -0.375. The molecule has 1 amide bonds. The average molecular weight is 434 g/mol. The summed E-state index contributed by atoms with van der Waals surface area (Å²) in [5, 5.41) is 14.2. The Bertz CT molecular complexity index is 1180. The minimum Gasteiger partial charge on any atom is -0.376 e. The number of amides is 1. The summed E-state index contributed by atoms with van der Waals surface area (Å²) in [6.45, 7) is 3.76. The van der Waals surface area contributed by atoms with Crippen LogP contribution in [-0.2, 0) is 16.1 Å². The van der Waals surface area contributed by atoms with Crippen LogP contribution in [0.3, 0.4) is 0 Å². The van der Waals surface area contributed by atoms with Gasteiger partial charge in [0.25, 0.3) is 5.91 Å². The third kappa shape index (κ3) is 4.51. The zero-order chi connectivity index (χ0) is 21.8. The maximum Gasteiger partial charge on any atom is 0.262 e. The highest BCUT2D eigenvalue weighted by Gasteiger charge is 2.19. The van der Waals surface area contributed by atoms with Crippen molar-refractivity contribution in [1.29, 1.82) is 5.26 Å². The molecule has 158 valence electrons. The van der Waals surface area contributed by atoms with E-state index in [1.165, 1.54) is 0 Å². The predicted octanol–water partition coefficient (Wildman–Crippen LogP) is 4.85. The van der Waals surface area contributed by atoms with Crippen molar-refractivity contribution in [3.63, 3.8) is 0 Å². The Kier molecular flexibility index (Phi) is 6.41. The standard InChI is InChI=1S/C25H24ClN3O2/c1-17-22(13-19(14-27)25(30)28-15-20-8-6-12-31-20)21-9-3-5-11-24(21)29(17)16-18-7-2-4-10-23(18)26/h2-5,7,9-11,13,20H,6,8,12,15-16H2,1H3,(H,28,30)/b19-13-/t20-/m0/s1. The van der Waals surface area contributed by atoms with Gasteiger partial charge in [-0.05, 0) is 43.5 Å². The number of hydrogen-bond acceptors (Lipinski definition) is 3. The molecule has 0 aliphatic carbocycles. The van der Waals surface area contributed by atoms with Crippen LogP contribution in [0, 0.1) is 18.3 Å². The van der Waals surface area contributed by atoms with Crippen molar-refractivity contribution in [1.82, 2.24) is 9.88 Å². The molecule has 4 rings (SSSR count). The van der Waals surface area contributed by atoms with E-state index in [9.17, 15) is 10.1 Å². The van der Waals surface area contributed by atoms with Gasteiger partial charge in [-0.25, -0.2) is 0 Å². The molecular formula is C25H24ClN3O2. The summed E-state index contributed by atoms with van der Waals surface area (Å²) in [4.78, 5) is 12.6. The van der Waals surface area contributed by atoms with Crippen molar-refractivity contribution < 1.29 is 9.53 Å². The molecule has 0 unspecified atom stereocenters. The number of nitrogens with one attached hydrogen (secondary N) is 1. The number of ether oxygens (including phenoxy) is 1. The first-order valence-corrected chi connectivity index (χ1v) is 10.8. The van der Waals surface area contributed by atoms with Gasteiger partial charge in [0.05, 0.1) is 6.10 Å². The predicted molar refractivity (Wildman–Crippen MR) is 123 cm³/mol. The van der Waals surface area contributed by atoms with E-state index in [0.29, 0.717) is 18.1 Å². The van der Waals surface area contributed by atoms with Crippen LogP contribution < -0.4 is 5.32 Å². The topological polar surface area (TPSA) is 67.1 Å². The van der Waals surface area contributed by atoms with Gasteiger partial charge < -0.3 is 14.6 Å². The summed E-state index contributed by atoms with van der Waals surface area (Å²) in [6, 6.07) is 17.8. The Balaban J connectivity index is 1.68. The first-order valence-electron chi connectivity index (χ1n) is 10.4. The molecule has 0 spiro atoms. The first-order chi connectivity index (χ1) is 15.1. The lowest BCUT2D eigenvalue weighted by Crippen LogP contribution is -2.32. The minimum absolute atomic E-state index is 0.0307. The van der Waals surface area contributed by atoms with E-state index in [1.54, 1.807) is 6.08 Å². The van der Waals surface area contributed by atoms with Crippen molar-refractivity contribution >= 4 is 34.5 Å². The van der Waals surface area contributed by atoms with E-state index < -0.39 is 0 Å². The summed E-state index contributed by atoms with van der Waals surface area (Å²) in [7, 11) is 0. The number of nitrogens with zero attached hydrogens (tertiary/aromatic N) is 2. The van der Waals surface area contributed by atoms with E-state index in [-0.39, 0.29) is 17.6 Å². The van der Waals surface area contributed by atoms with Crippen LogP contribution in [0.5, 0.6) is 0 Å². The number of benzene rings is 2. The fourth-order valence-corrected chi connectivity index (χ4v) is 4.24. The van der Waals surface area contributed by atoms with Gasteiger partial charge in [-0.1, -0.05) is 48.0 Å². The van der Waals surface area contributed by atoms with Crippen molar-refractivity contribution in [2.45, 2.75) is 32.4 Å². The number of fused-ring (bicyclic) bond motifs is 1. The van der Waals surface area contributed by atoms with Crippen LogP contribution in [0.4, 0.5) is 0 Å². The lowest BCUT2D eigenvalue weighted by atomic mass is 10.1. The molecule has 1 aliphatic heterocycles. The van der Waals surface area contributed by atoms with Gasteiger partial charge in [0.15, 0.2) is 0 Å². The number of nitriles is 1. The molecule has 1 aromatic heterocycles. The van der Waals surface area contributed by atoms with Gasteiger partial charge in [0.1, 0.15) is 11.6 Å². The van der Waals surface area contributed by atoms with Gasteiger partial charge in [-0.15, -0.1) is 0 Å². The average Bonchev–Trinajstić information content (AvgIpc) is 3.39. The number of rotatable bonds is 6. The molecule has 31 heavy (non-hydrogen) atoms. The van der Waals surface area contributed by atoms with E-state index in [1.807, 2.05) is 55.5 Å². The zero-order valence-corrected chi connectivity index (χ0v) is 18.2. The van der Waals surface area contributed by atoms with Crippen molar-refractivity contribution in [3.8, 4) is 6.07 Å². The first kappa shape index (κ1) is 21.2. The number of hydrogen-bond donors (Lipinski definition) is 1. The molecule has 1 saturated heterocycles. The van der Waals surface area contributed by atoms with Crippen molar-refractivity contribution in [2.75, 3.05) is 13.2 Å². The molecule has 1 N–H and O–H groups in total. The quantitative estimate of drug-likeness (QED) is 0.446. The Morgan fingerprint density at radius 2 is 2.06 bits per heavy atom. The lowest BCUT2D eigenvalue weighted by Gasteiger charge is -2.11. The molecule has 2 aromatic carbocycles. The van der Waals surface area contributed by atoms with Gasteiger partial charge in [-0.2, -0.15) is 5.26 Å². The van der Waals surface area contributed by atoms with Crippen molar-refractivity contribution in [3.05, 3.63) is 75.9 Å². The number of halogens is 1. The van der Waals surface area contributed by atoms with Crippen LogP contribution in [0.2, 0.25) is 5.02 Å². The van der Waals surface area contributed by atoms with Gasteiger partial charge in [-0.3, -0.25) is 4.79 Å². The van der Waals surface area contributed by atoms with Gasteiger partial charge >= 0.3 is 0 Å². The van der Waals surface area contributed by atoms with E-state index >= 15 is 0 Å². The van der Waals surface area contributed by atoms with E-state index in [4.69, 9.17) is 16.3 Å². The molecule has 1 atom stereocenters. The summed E-state index contributed by atoms with van der Waals surface area (Å²) in [5.41, 5.74) is 3.97. The number of para-hydroxylation sites is 1. The summed E-state index contributed by atoms with van der Waals surface area (Å²) in [6.07, 6.45) is 3.65. The molecule has 1 fully saturated rings. The highest BCUT2D eigenvalue weighted by molar-refractivity contribution is 6.31. The Hall–Kier alpha value is -3.07. The second-order valence-corrected chi connectivity index (χ2v) is 8.12. The van der Waals surface area contributed by atoms with Crippen LogP contribution >= 0.6 is 11.6 Å². The molecular weight excluding hydrogens is 410 g/mol. The number of carbonyl (C=O) groups is 1. The zero-order valence-electron chi connectivity index (χ0n) is 17.4. The fraction of sp³-hybridized carbons (Fsp3) is 0.280. The largest absolute Gasteiger partial charge is 0.376 e. The molecule has 1 aliphatic rings. The van der Waals surface area contributed by atoms with E-state index in [2.05, 4.69) is 16.0 Å². The van der Waals surface area contributed by atoms with Crippen LogP contribution in [-0.4, -0.2) is 29.7 Å². The van der Waals surface area contributed by atoms with E-state index in [0.717, 1.165) is 47.2 Å². The molecule has 2 heterocycles. The third-order valence-electron chi connectivity index (χ3n) is 5.73. The molecule has 5 nitrogen and oxygen atoms in total. The SMILES string of the molecule is Cc1c(/C=C(/C#N)C(=O)NC[C@@H]2CCCO2)c2ccccc2n1Cc1ccccc1Cl. The maximum absolute atomic E-state index is 12.6. The normalized spacial score (nSPS) is 16.4. The second-order valence-electron chi connectivity index (χ2n) is 7.71. The molecule has 6 heteroatoms. The second kappa shape index (κ2) is 9.38. The highest BCUT2D eigenvalue weighted by Crippen LogP contribution is 2.30. The highest BCUT2D eigenvalue weighted by atomic mass is 35.5. The monoisotopic (exact) mass is 433 g/mol. The molecule has 0 bridgehead atoms. The number of carbonyl (C=O) groups excluding carboxylic acids is 1. The summed E-state index contributed by atoms with van der Waals surface area (Å²) >= 11 is 6.39. The third-order valence-corrected chi connectivity index (χ3v) is 6.10. The Morgan fingerprint density at radius 1 is 1.29 bits per heavy atom. The van der Waals surface area contributed by atoms with Crippen molar-refractivity contribution in [2.24, 2.45) is 0 Å². The minimum atomic E-state index is -0.375. The fourth-order valence-electron chi connectivity index (χ4n) is 4.04. The smallest absolute Gasteiger partial charge is 0.262 e. The van der Waals surface area contributed by atoms with Gasteiger partial charge in [0.2, 0.25) is 0 Å².